The van der Waals surface area contributed by atoms with Crippen molar-refractivity contribution < 1.29 is 4.74 Å². The van der Waals surface area contributed by atoms with Gasteiger partial charge in [0, 0.05) is 17.5 Å². The maximum Gasteiger partial charge on any atom is 0.0795 e. The molecule has 2 bridgehead atoms. The van der Waals surface area contributed by atoms with Gasteiger partial charge in [-0.1, -0.05) is 0 Å². The van der Waals surface area contributed by atoms with Crippen LogP contribution < -0.4 is 5.32 Å². The third-order valence-electron chi connectivity index (χ3n) is 3.47. The topological polar surface area (TPSA) is 34.1 Å². The van der Waals surface area contributed by atoms with Crippen LogP contribution in [0.5, 0.6) is 0 Å². The zero-order chi connectivity index (χ0) is 10.3. The van der Waals surface area contributed by atoms with E-state index in [4.69, 9.17) is 4.74 Å². The molecule has 0 amide bonds. The summed E-state index contributed by atoms with van der Waals surface area (Å²) in [6, 6.07) is 0.893. The molecule has 3 rings (SSSR count). The van der Waals surface area contributed by atoms with Gasteiger partial charge in [0.05, 0.1) is 23.4 Å². The van der Waals surface area contributed by atoms with Crippen molar-refractivity contribution in [1.29, 1.82) is 0 Å². The predicted molar refractivity (Wildman–Crippen MR) is 60.0 cm³/mol. The number of rotatable bonds is 3. The second-order valence-electron chi connectivity index (χ2n) is 4.52. The Labute approximate surface area is 93.9 Å². The Bertz CT molecular complexity index is 327. The van der Waals surface area contributed by atoms with Crippen molar-refractivity contribution in [2.75, 3.05) is 0 Å². The highest BCUT2D eigenvalue weighted by Gasteiger charge is 2.41. The summed E-state index contributed by atoms with van der Waals surface area (Å²) in [7, 11) is 0. The van der Waals surface area contributed by atoms with E-state index in [0.717, 1.165) is 5.69 Å². The minimum absolute atomic E-state index is 0.351. The number of nitrogens with zero attached hydrogens (tertiary/aromatic N) is 1. The quantitative estimate of drug-likeness (QED) is 0.854. The molecule has 82 valence electrons. The third-order valence-corrected chi connectivity index (χ3v) is 4.07. The second-order valence-corrected chi connectivity index (χ2v) is 5.24. The molecule has 3 heterocycles. The molecule has 2 aliphatic rings. The Morgan fingerprint density at radius 2 is 2.53 bits per heavy atom. The molecule has 3 nitrogen and oxygen atoms in total. The first-order chi connectivity index (χ1) is 7.33. The molecule has 2 fully saturated rings. The van der Waals surface area contributed by atoms with Crippen LogP contribution in [0.2, 0.25) is 0 Å². The van der Waals surface area contributed by atoms with E-state index >= 15 is 0 Å². The van der Waals surface area contributed by atoms with Gasteiger partial charge in [0.15, 0.2) is 0 Å². The Kier molecular flexibility index (Phi) is 2.50. The zero-order valence-electron chi connectivity index (χ0n) is 8.85. The summed E-state index contributed by atoms with van der Waals surface area (Å²) >= 11 is 1.66. The minimum atomic E-state index is 0.351. The molecular formula is C11H16N2OS. The van der Waals surface area contributed by atoms with Gasteiger partial charge in [-0.05, 0) is 26.2 Å². The van der Waals surface area contributed by atoms with Gasteiger partial charge in [-0.25, -0.2) is 4.98 Å². The molecule has 1 aromatic rings. The number of aromatic nitrogens is 1. The molecule has 0 spiro atoms. The van der Waals surface area contributed by atoms with E-state index < -0.39 is 0 Å². The van der Waals surface area contributed by atoms with Crippen LogP contribution in [-0.4, -0.2) is 23.2 Å². The minimum Gasteiger partial charge on any atom is -0.373 e. The monoisotopic (exact) mass is 224 g/mol. The Morgan fingerprint density at radius 1 is 1.60 bits per heavy atom. The van der Waals surface area contributed by atoms with Crippen molar-refractivity contribution in [3.05, 3.63) is 16.6 Å². The Balaban J connectivity index is 1.62. The van der Waals surface area contributed by atoms with E-state index in [-0.39, 0.29) is 0 Å². The van der Waals surface area contributed by atoms with Crippen molar-refractivity contribution in [2.45, 2.75) is 50.5 Å². The fourth-order valence-electron chi connectivity index (χ4n) is 2.66. The summed E-state index contributed by atoms with van der Waals surface area (Å²) in [6.07, 6.45) is 4.64. The molecule has 0 radical (unpaired) electrons. The Morgan fingerprint density at radius 3 is 3.13 bits per heavy atom. The van der Waals surface area contributed by atoms with Crippen molar-refractivity contribution in [3.63, 3.8) is 0 Å². The highest BCUT2D eigenvalue weighted by Crippen LogP contribution is 2.35. The molecule has 15 heavy (non-hydrogen) atoms. The fourth-order valence-corrected chi connectivity index (χ4v) is 3.30. The van der Waals surface area contributed by atoms with E-state index in [1.54, 1.807) is 11.3 Å². The highest BCUT2D eigenvalue weighted by atomic mass is 32.1. The van der Waals surface area contributed by atoms with Gasteiger partial charge in [-0.3, -0.25) is 0 Å². The maximum absolute atomic E-state index is 5.82. The zero-order valence-corrected chi connectivity index (χ0v) is 9.67. The number of hydrogen-bond donors (Lipinski definition) is 1. The number of ether oxygens (including phenoxy) is 1. The van der Waals surface area contributed by atoms with E-state index in [1.165, 1.54) is 19.3 Å². The number of thiazole rings is 1. The van der Waals surface area contributed by atoms with Gasteiger partial charge < -0.3 is 10.1 Å². The number of fused-ring (bicyclic) bond motifs is 2. The predicted octanol–water partition coefficient (Wildman–Crippen LogP) is 2.11. The van der Waals surface area contributed by atoms with Gasteiger partial charge in [0.1, 0.15) is 0 Å². The smallest absolute Gasteiger partial charge is 0.0795 e. The van der Waals surface area contributed by atoms with Gasteiger partial charge in [0.2, 0.25) is 0 Å². The molecule has 4 atom stereocenters. The summed E-state index contributed by atoms with van der Waals surface area (Å²) in [5.41, 5.74) is 3.05. The number of nitrogens with one attached hydrogen (secondary N) is 1. The normalized spacial score (nSPS) is 35.9. The summed E-state index contributed by atoms with van der Waals surface area (Å²) in [5, 5.41) is 5.75. The first-order valence-electron chi connectivity index (χ1n) is 5.62. The SMILES string of the molecule is CC(NC1CC2CCC1O2)c1cscn1. The molecular weight excluding hydrogens is 208 g/mol. The molecule has 0 saturated carbocycles. The lowest BCUT2D eigenvalue weighted by molar-refractivity contribution is 0.0962. The lowest BCUT2D eigenvalue weighted by Crippen LogP contribution is -2.39. The lowest BCUT2D eigenvalue weighted by Gasteiger charge is -2.23. The van der Waals surface area contributed by atoms with E-state index in [2.05, 4.69) is 22.6 Å². The van der Waals surface area contributed by atoms with Gasteiger partial charge >= 0.3 is 0 Å². The summed E-state index contributed by atoms with van der Waals surface area (Å²) in [6.45, 7) is 2.18. The summed E-state index contributed by atoms with van der Waals surface area (Å²) in [5.74, 6) is 0. The second kappa shape index (κ2) is 3.85. The van der Waals surface area contributed by atoms with Crippen molar-refractivity contribution in [1.82, 2.24) is 10.3 Å². The maximum atomic E-state index is 5.82. The lowest BCUT2D eigenvalue weighted by atomic mass is 9.95. The first kappa shape index (κ1) is 9.75. The van der Waals surface area contributed by atoms with E-state index in [1.807, 2.05) is 5.51 Å². The summed E-state index contributed by atoms with van der Waals surface area (Å²) < 4.78 is 5.82. The average molecular weight is 224 g/mol. The fraction of sp³-hybridized carbons (Fsp3) is 0.727. The van der Waals surface area contributed by atoms with Crippen LogP contribution in [0, 0.1) is 0 Å². The van der Waals surface area contributed by atoms with Crippen LogP contribution >= 0.6 is 11.3 Å². The highest BCUT2D eigenvalue weighted by molar-refractivity contribution is 7.07. The molecule has 2 aliphatic heterocycles. The molecule has 2 saturated heterocycles. The third kappa shape index (κ3) is 1.82. The Hall–Kier alpha value is -0.450. The molecule has 1 N–H and O–H groups in total. The largest absolute Gasteiger partial charge is 0.373 e. The molecule has 4 heteroatoms. The van der Waals surface area contributed by atoms with Crippen LogP contribution in [0.1, 0.15) is 37.9 Å². The van der Waals surface area contributed by atoms with Crippen molar-refractivity contribution >= 4 is 11.3 Å². The van der Waals surface area contributed by atoms with Crippen molar-refractivity contribution in [2.24, 2.45) is 0 Å². The van der Waals surface area contributed by atoms with Crippen LogP contribution in [0.15, 0.2) is 10.9 Å². The van der Waals surface area contributed by atoms with Crippen molar-refractivity contribution in [3.8, 4) is 0 Å². The standard InChI is InChI=1S/C11H16N2OS/c1-7(10-5-15-6-12-10)13-9-4-8-2-3-11(9)14-8/h5-9,11,13H,2-4H2,1H3. The van der Waals surface area contributed by atoms with E-state index in [0.29, 0.717) is 24.3 Å². The van der Waals surface area contributed by atoms with Gasteiger partial charge in [0.25, 0.3) is 0 Å². The van der Waals surface area contributed by atoms with E-state index in [9.17, 15) is 0 Å². The molecule has 0 aromatic carbocycles. The first-order valence-corrected chi connectivity index (χ1v) is 6.57. The summed E-state index contributed by atoms with van der Waals surface area (Å²) in [4.78, 5) is 4.34. The van der Waals surface area contributed by atoms with Gasteiger partial charge in [-0.15, -0.1) is 11.3 Å². The van der Waals surface area contributed by atoms with Crippen LogP contribution in [0.25, 0.3) is 0 Å². The van der Waals surface area contributed by atoms with Crippen LogP contribution in [0.4, 0.5) is 0 Å². The molecule has 0 aliphatic carbocycles. The molecule has 1 aromatic heterocycles. The van der Waals surface area contributed by atoms with Crippen LogP contribution in [-0.2, 0) is 4.74 Å². The molecule has 4 unspecified atom stereocenters. The van der Waals surface area contributed by atoms with Crippen LogP contribution in [0.3, 0.4) is 0 Å². The average Bonchev–Trinajstić information content (AvgIpc) is 2.95. The number of hydrogen-bond acceptors (Lipinski definition) is 4. The van der Waals surface area contributed by atoms with Gasteiger partial charge in [-0.2, -0.15) is 0 Å².